The Morgan fingerprint density at radius 2 is 1.76 bits per heavy atom. The van der Waals surface area contributed by atoms with Crippen molar-refractivity contribution < 1.29 is 13.2 Å². The minimum absolute atomic E-state index is 0.0924. The first-order chi connectivity index (χ1) is 17.7. The van der Waals surface area contributed by atoms with E-state index in [2.05, 4.69) is 15.5 Å². The molecule has 0 fully saturated rings. The summed E-state index contributed by atoms with van der Waals surface area (Å²) in [7, 11) is -3.79. The monoisotopic (exact) mass is 549 g/mol. The Morgan fingerprint density at radius 1 is 1.03 bits per heavy atom. The number of fused-ring (bicyclic) bond motifs is 1. The lowest BCUT2D eigenvalue weighted by Crippen LogP contribution is -2.13. The van der Waals surface area contributed by atoms with Gasteiger partial charge in [0.2, 0.25) is 9.84 Å². The van der Waals surface area contributed by atoms with E-state index in [9.17, 15) is 18.0 Å². The van der Waals surface area contributed by atoms with Crippen molar-refractivity contribution in [2.45, 2.75) is 23.1 Å². The fourth-order valence-electron chi connectivity index (χ4n) is 4.08. The van der Waals surface area contributed by atoms with Crippen LogP contribution in [-0.4, -0.2) is 24.5 Å². The van der Waals surface area contributed by atoms with Crippen LogP contribution in [0.2, 0.25) is 5.02 Å². The lowest BCUT2D eigenvalue weighted by Gasteiger charge is -2.09. The van der Waals surface area contributed by atoms with Crippen LogP contribution in [0.4, 0.5) is 5.69 Å². The number of aromatic amines is 1. The van der Waals surface area contributed by atoms with Crippen molar-refractivity contribution in [1.82, 2.24) is 10.2 Å². The summed E-state index contributed by atoms with van der Waals surface area (Å²) in [4.78, 5) is 25.7. The zero-order chi connectivity index (χ0) is 26.2. The number of nitrogens with zero attached hydrogens (tertiary/aromatic N) is 1. The number of thiophene rings is 1. The molecule has 0 aliphatic rings. The van der Waals surface area contributed by atoms with E-state index >= 15 is 0 Å². The lowest BCUT2D eigenvalue weighted by atomic mass is 10.0. The highest BCUT2D eigenvalue weighted by atomic mass is 35.5. The summed E-state index contributed by atoms with van der Waals surface area (Å²) in [6, 6.07) is 20.5. The van der Waals surface area contributed by atoms with Crippen LogP contribution in [0, 0.1) is 6.92 Å². The topological polar surface area (TPSA) is 109 Å². The summed E-state index contributed by atoms with van der Waals surface area (Å²) in [6.07, 6.45) is 0.447. The van der Waals surface area contributed by atoms with Crippen molar-refractivity contribution in [3.63, 3.8) is 0 Å². The van der Waals surface area contributed by atoms with Gasteiger partial charge in [-0.1, -0.05) is 41.9 Å². The summed E-state index contributed by atoms with van der Waals surface area (Å²) in [6.45, 7) is 1.62. The molecule has 5 rings (SSSR count). The van der Waals surface area contributed by atoms with Gasteiger partial charge in [-0.2, -0.15) is 5.10 Å². The summed E-state index contributed by atoms with van der Waals surface area (Å²) < 4.78 is 26.2. The molecule has 3 aromatic carbocycles. The van der Waals surface area contributed by atoms with Gasteiger partial charge in [0, 0.05) is 27.9 Å². The number of amides is 1. The zero-order valence-corrected chi connectivity index (χ0v) is 21.9. The summed E-state index contributed by atoms with van der Waals surface area (Å²) in [5, 5.41) is 12.9. The molecule has 2 heterocycles. The van der Waals surface area contributed by atoms with Gasteiger partial charge in [-0.3, -0.25) is 9.59 Å². The molecule has 0 spiro atoms. The van der Waals surface area contributed by atoms with Gasteiger partial charge in [-0.05, 0) is 60.5 Å². The van der Waals surface area contributed by atoms with E-state index in [0.29, 0.717) is 38.7 Å². The zero-order valence-electron chi connectivity index (χ0n) is 19.5. The average Bonchev–Trinajstić information content (AvgIpc) is 3.29. The Morgan fingerprint density at radius 3 is 2.51 bits per heavy atom. The number of carbonyl (C=O) groups excluding carboxylic acids is 1. The maximum atomic E-state index is 13.1. The van der Waals surface area contributed by atoms with Crippen molar-refractivity contribution in [2.75, 3.05) is 5.32 Å². The third-order valence-electron chi connectivity index (χ3n) is 5.95. The molecule has 37 heavy (non-hydrogen) atoms. The van der Waals surface area contributed by atoms with Crippen LogP contribution in [0.25, 0.3) is 10.8 Å². The highest BCUT2D eigenvalue weighted by Crippen LogP contribution is 2.31. The molecule has 0 saturated heterocycles. The molecule has 10 heteroatoms. The first-order valence-corrected chi connectivity index (χ1v) is 13.9. The number of rotatable bonds is 6. The van der Waals surface area contributed by atoms with Gasteiger partial charge in [0.15, 0.2) is 0 Å². The minimum atomic E-state index is -3.79. The molecule has 0 radical (unpaired) electrons. The molecule has 0 saturated carbocycles. The number of H-pyrrole nitrogens is 1. The van der Waals surface area contributed by atoms with E-state index in [0.717, 1.165) is 22.3 Å². The number of hydrogen-bond donors (Lipinski definition) is 2. The Kier molecular flexibility index (Phi) is 6.68. The number of hydrogen-bond acceptors (Lipinski definition) is 6. The van der Waals surface area contributed by atoms with Crippen LogP contribution in [0.15, 0.2) is 92.8 Å². The predicted molar refractivity (Wildman–Crippen MR) is 146 cm³/mol. The minimum Gasteiger partial charge on any atom is -0.321 e. The van der Waals surface area contributed by atoms with Gasteiger partial charge in [-0.15, -0.1) is 11.3 Å². The van der Waals surface area contributed by atoms with E-state index < -0.39 is 15.7 Å². The van der Waals surface area contributed by atoms with Crippen LogP contribution in [0.1, 0.15) is 26.5 Å². The highest BCUT2D eigenvalue weighted by Gasteiger charge is 2.25. The second-order valence-corrected chi connectivity index (χ2v) is 11.6. The smallest absolute Gasteiger partial charge is 0.272 e. The van der Waals surface area contributed by atoms with E-state index in [1.165, 1.54) is 29.6 Å². The van der Waals surface area contributed by atoms with Crippen molar-refractivity contribution in [3.8, 4) is 0 Å². The second kappa shape index (κ2) is 9.93. The summed E-state index contributed by atoms with van der Waals surface area (Å²) in [5.74, 6) is -0.398. The Balaban J connectivity index is 1.38. The highest BCUT2D eigenvalue weighted by molar-refractivity contribution is 7.91. The van der Waals surface area contributed by atoms with Gasteiger partial charge in [0.25, 0.3) is 11.5 Å². The second-order valence-electron chi connectivity index (χ2n) is 8.39. The van der Waals surface area contributed by atoms with Gasteiger partial charge in [0.1, 0.15) is 0 Å². The Labute approximate surface area is 221 Å². The van der Waals surface area contributed by atoms with Gasteiger partial charge in [0.05, 0.1) is 25.7 Å². The maximum Gasteiger partial charge on any atom is 0.272 e. The molecular weight excluding hydrogens is 530 g/mol. The largest absolute Gasteiger partial charge is 0.321 e. The molecule has 1 amide bonds. The quantitative estimate of drug-likeness (QED) is 0.285. The number of aromatic nitrogens is 2. The molecule has 0 atom stereocenters. The van der Waals surface area contributed by atoms with Crippen molar-refractivity contribution in [3.05, 3.63) is 115 Å². The third-order valence-corrected chi connectivity index (χ3v) is 9.32. The molecule has 7 nitrogen and oxygen atoms in total. The first-order valence-electron chi connectivity index (χ1n) is 11.2. The van der Waals surface area contributed by atoms with Crippen LogP contribution in [0.3, 0.4) is 0 Å². The number of halogens is 1. The molecule has 0 bridgehead atoms. The molecule has 0 aliphatic carbocycles. The van der Waals surface area contributed by atoms with Crippen LogP contribution >= 0.6 is 22.9 Å². The average molecular weight is 550 g/mol. The van der Waals surface area contributed by atoms with Crippen molar-refractivity contribution in [1.29, 1.82) is 0 Å². The van der Waals surface area contributed by atoms with E-state index in [1.807, 2.05) is 30.3 Å². The number of anilines is 1. The fourth-order valence-corrected chi connectivity index (χ4v) is 7.02. The van der Waals surface area contributed by atoms with Gasteiger partial charge < -0.3 is 5.32 Å². The molecule has 2 N–H and O–H groups in total. The van der Waals surface area contributed by atoms with Crippen LogP contribution in [-0.2, 0) is 16.3 Å². The Bertz CT molecular complexity index is 1810. The number of sulfone groups is 1. The van der Waals surface area contributed by atoms with Crippen LogP contribution < -0.4 is 10.9 Å². The number of carbonyl (C=O) groups is 1. The van der Waals surface area contributed by atoms with Crippen molar-refractivity contribution >= 4 is 55.1 Å². The van der Waals surface area contributed by atoms with Crippen LogP contribution in [0.5, 0.6) is 0 Å². The molecule has 0 aliphatic heterocycles. The molecule has 186 valence electrons. The van der Waals surface area contributed by atoms with E-state index in [1.54, 1.807) is 25.1 Å². The standard InChI is InChI=1S/C27H20ClN3O4S2/c1-16-24(37(34,35)20-11-9-18(28)10-12-20)15-36-25(16)27(33)29-19-6-4-5-17(13-19)14-23-21-7-2-3-8-22(21)26(32)31-30-23/h2-13,15H,14H2,1H3,(H,29,33)(H,31,32). The van der Waals surface area contributed by atoms with E-state index in [-0.39, 0.29) is 15.4 Å². The van der Waals surface area contributed by atoms with E-state index in [4.69, 9.17) is 11.6 Å². The van der Waals surface area contributed by atoms with Gasteiger partial charge in [-0.25, -0.2) is 13.5 Å². The molecule has 0 unspecified atom stereocenters. The third kappa shape index (κ3) is 4.93. The normalized spacial score (nSPS) is 11.5. The summed E-state index contributed by atoms with van der Waals surface area (Å²) >= 11 is 6.96. The fraction of sp³-hybridized carbons (Fsp3) is 0.0741. The lowest BCUT2D eigenvalue weighted by molar-refractivity contribution is 0.103. The molecular formula is C27H20ClN3O4S2. The molecule has 2 aromatic heterocycles. The SMILES string of the molecule is Cc1c(S(=O)(=O)c2ccc(Cl)cc2)csc1C(=O)Nc1cccc(Cc2n[nH]c(=O)c3ccccc23)c1. The Hall–Kier alpha value is -3.79. The van der Waals surface area contributed by atoms with Gasteiger partial charge >= 0.3 is 0 Å². The predicted octanol–water partition coefficient (Wildman–Crippen LogP) is 5.62. The molecule has 5 aromatic rings. The summed E-state index contributed by atoms with van der Waals surface area (Å²) in [5.41, 5.74) is 2.30. The van der Waals surface area contributed by atoms with Crippen molar-refractivity contribution in [2.24, 2.45) is 0 Å². The number of benzene rings is 3. The first kappa shape index (κ1) is 24.9. The maximum absolute atomic E-state index is 13.1. The number of nitrogens with one attached hydrogen (secondary N) is 2.